The Balaban J connectivity index is 0.000000449. The van der Waals surface area contributed by atoms with E-state index in [4.69, 9.17) is 24.5 Å². The predicted molar refractivity (Wildman–Crippen MR) is 125 cm³/mol. The second-order valence-electron chi connectivity index (χ2n) is 9.18. The number of hydrogen-bond acceptors (Lipinski definition) is 6. The summed E-state index contributed by atoms with van der Waals surface area (Å²) in [5.41, 5.74) is 1.14. The van der Waals surface area contributed by atoms with Gasteiger partial charge in [-0.1, -0.05) is 13.0 Å². The number of rotatable bonds is 5. The second kappa shape index (κ2) is 14.3. The molecule has 2 aliphatic heterocycles. The van der Waals surface area contributed by atoms with Crippen molar-refractivity contribution in [2.75, 3.05) is 53.4 Å². The number of pyridine rings is 1. The maximum absolute atomic E-state index is 12.3. The summed E-state index contributed by atoms with van der Waals surface area (Å²) >= 11 is 0. The molecule has 1 aromatic heterocycles. The minimum Gasteiger partial charge on any atom is -0.475 e. The van der Waals surface area contributed by atoms with Gasteiger partial charge in [0.1, 0.15) is 0 Å². The summed E-state index contributed by atoms with van der Waals surface area (Å²) < 4.78 is 69.5. The highest BCUT2D eigenvalue weighted by Crippen LogP contribution is 2.44. The van der Waals surface area contributed by atoms with Gasteiger partial charge >= 0.3 is 30.3 Å². The van der Waals surface area contributed by atoms with Crippen LogP contribution in [0.25, 0.3) is 0 Å². The number of carbonyl (C=O) groups is 3. The molecule has 0 aromatic carbocycles. The second-order valence-corrected chi connectivity index (χ2v) is 9.18. The van der Waals surface area contributed by atoms with Crippen LogP contribution in [0, 0.1) is 11.3 Å². The van der Waals surface area contributed by atoms with Gasteiger partial charge < -0.3 is 29.6 Å². The van der Waals surface area contributed by atoms with Crippen LogP contribution in [0.1, 0.15) is 19.0 Å². The topological polar surface area (TPSA) is 124 Å². The predicted octanol–water partition coefficient (Wildman–Crippen LogP) is 3.19. The molecule has 3 rings (SSSR count). The normalized spacial score (nSPS) is 21.1. The first-order chi connectivity index (χ1) is 17.9. The number of hydrogen-bond donors (Lipinski definition) is 2. The van der Waals surface area contributed by atoms with Crippen molar-refractivity contribution in [3.05, 3.63) is 30.1 Å². The van der Waals surface area contributed by atoms with Gasteiger partial charge in [-0.3, -0.25) is 4.98 Å². The van der Waals surface area contributed by atoms with E-state index < -0.39 is 24.3 Å². The average molecular weight is 575 g/mol. The number of carboxylic acid groups (broad SMARTS) is 2. The summed E-state index contributed by atoms with van der Waals surface area (Å²) in [5.74, 6) is -5.05. The summed E-state index contributed by atoms with van der Waals surface area (Å²) in [6.07, 6.45) is -7.29. The molecular weight excluding hydrogens is 542 g/mol. The van der Waals surface area contributed by atoms with Crippen LogP contribution in [0.4, 0.5) is 31.1 Å². The van der Waals surface area contributed by atoms with Crippen molar-refractivity contribution in [1.29, 1.82) is 0 Å². The van der Waals surface area contributed by atoms with Crippen molar-refractivity contribution in [3.63, 3.8) is 0 Å². The van der Waals surface area contributed by atoms with Crippen molar-refractivity contribution in [2.24, 2.45) is 11.3 Å². The van der Waals surface area contributed by atoms with E-state index in [2.05, 4.69) is 16.8 Å². The Morgan fingerprint density at radius 2 is 1.64 bits per heavy atom. The van der Waals surface area contributed by atoms with E-state index in [1.807, 2.05) is 37.2 Å². The van der Waals surface area contributed by atoms with Crippen molar-refractivity contribution >= 4 is 18.0 Å². The first-order valence-electron chi connectivity index (χ1n) is 11.7. The molecule has 39 heavy (non-hydrogen) atoms. The van der Waals surface area contributed by atoms with Gasteiger partial charge in [-0.15, -0.1) is 0 Å². The molecule has 2 saturated heterocycles. The maximum atomic E-state index is 12.3. The summed E-state index contributed by atoms with van der Waals surface area (Å²) in [4.78, 5) is 40.6. The fourth-order valence-corrected chi connectivity index (χ4v) is 4.21. The Morgan fingerprint density at radius 1 is 1.08 bits per heavy atom. The van der Waals surface area contributed by atoms with E-state index in [1.54, 1.807) is 11.1 Å². The number of ether oxygens (including phenoxy) is 1. The number of likely N-dealkylation sites (tertiary alicyclic amines) is 2. The van der Waals surface area contributed by atoms with Gasteiger partial charge in [0.2, 0.25) is 0 Å². The fraction of sp³-hybridized carbons (Fsp3) is 0.652. The number of urea groups is 1. The summed E-state index contributed by atoms with van der Waals surface area (Å²) in [5, 5.41) is 14.2. The molecule has 2 fully saturated rings. The molecule has 3 heterocycles. The standard InChI is InChI=1S/C19H30N4O2.2C2HF3O2/c1-4-22-11-16(12-25-13-17-7-5-6-9-20-17)19(14-22)8-10-23(15-19)18(24)21(2)3;2*3-2(4,5)1(6)7/h5-7,9,16H,4,8,10-15H2,1-3H3;2*(H,6,7)/t16-,19-;;/m1../s1. The summed E-state index contributed by atoms with van der Waals surface area (Å²) in [6.45, 7) is 8.38. The lowest BCUT2D eigenvalue weighted by atomic mass is 9.77. The largest absolute Gasteiger partial charge is 0.490 e. The number of aromatic nitrogens is 1. The SMILES string of the molecule is CCN1C[C@H](COCc2ccccn2)[C@]2(CCN(C(=O)N(C)C)C2)C1.O=C(O)C(F)(F)F.O=C(O)C(F)(F)F. The van der Waals surface area contributed by atoms with Crippen LogP contribution in [0.5, 0.6) is 0 Å². The van der Waals surface area contributed by atoms with E-state index in [1.165, 1.54) is 0 Å². The lowest BCUT2D eigenvalue weighted by Gasteiger charge is -2.31. The van der Waals surface area contributed by atoms with Crippen molar-refractivity contribution < 1.29 is 55.7 Å². The van der Waals surface area contributed by atoms with Gasteiger partial charge in [-0.2, -0.15) is 26.3 Å². The van der Waals surface area contributed by atoms with Crippen molar-refractivity contribution in [2.45, 2.75) is 32.3 Å². The number of halogens is 6. The third-order valence-corrected chi connectivity index (χ3v) is 6.15. The van der Waals surface area contributed by atoms with E-state index in [0.29, 0.717) is 12.5 Å². The first-order valence-corrected chi connectivity index (χ1v) is 11.7. The zero-order valence-corrected chi connectivity index (χ0v) is 21.6. The zero-order chi connectivity index (χ0) is 30.0. The molecule has 2 aliphatic rings. The molecule has 2 N–H and O–H groups in total. The van der Waals surface area contributed by atoms with Crippen LogP contribution in [0.3, 0.4) is 0 Å². The third-order valence-electron chi connectivity index (χ3n) is 6.15. The highest BCUT2D eigenvalue weighted by atomic mass is 19.4. The highest BCUT2D eigenvalue weighted by Gasteiger charge is 2.51. The Labute approximate surface area is 221 Å². The summed E-state index contributed by atoms with van der Waals surface area (Å²) in [7, 11) is 3.65. The third kappa shape index (κ3) is 10.9. The fourth-order valence-electron chi connectivity index (χ4n) is 4.21. The first kappa shape index (κ1) is 33.9. The summed E-state index contributed by atoms with van der Waals surface area (Å²) in [6, 6.07) is 6.03. The number of alkyl halides is 6. The van der Waals surface area contributed by atoms with Gasteiger partial charge in [0, 0.05) is 57.8 Å². The minimum atomic E-state index is -5.08. The van der Waals surface area contributed by atoms with Gasteiger partial charge in [0.05, 0.1) is 18.9 Å². The van der Waals surface area contributed by atoms with Gasteiger partial charge in [-0.05, 0) is 25.1 Å². The van der Waals surface area contributed by atoms with Gasteiger partial charge in [0.25, 0.3) is 0 Å². The number of amides is 2. The van der Waals surface area contributed by atoms with E-state index in [9.17, 15) is 31.1 Å². The van der Waals surface area contributed by atoms with Crippen LogP contribution >= 0.6 is 0 Å². The molecular formula is C23H32F6N4O6. The Morgan fingerprint density at radius 3 is 2.08 bits per heavy atom. The molecule has 222 valence electrons. The smallest absolute Gasteiger partial charge is 0.475 e. The Bertz CT molecular complexity index is 923. The quantitative estimate of drug-likeness (QED) is 0.515. The van der Waals surface area contributed by atoms with E-state index >= 15 is 0 Å². The molecule has 10 nitrogen and oxygen atoms in total. The van der Waals surface area contributed by atoms with Crippen LogP contribution in [-0.4, -0.2) is 114 Å². The van der Waals surface area contributed by atoms with Crippen LogP contribution < -0.4 is 0 Å². The lowest BCUT2D eigenvalue weighted by molar-refractivity contribution is -0.193. The Kier molecular flexibility index (Phi) is 12.4. The molecule has 0 radical (unpaired) electrons. The molecule has 16 heteroatoms. The average Bonchev–Trinajstić information content (AvgIpc) is 3.42. The molecule has 1 aromatic rings. The Hall–Kier alpha value is -3.14. The molecule has 2 amide bonds. The molecule has 1 spiro atoms. The minimum absolute atomic E-state index is 0.125. The van der Waals surface area contributed by atoms with Crippen LogP contribution in [0.15, 0.2) is 24.4 Å². The van der Waals surface area contributed by atoms with Crippen LogP contribution in [-0.2, 0) is 20.9 Å². The number of carboxylic acids is 2. The van der Waals surface area contributed by atoms with E-state index in [0.717, 1.165) is 51.4 Å². The molecule has 2 atom stereocenters. The zero-order valence-electron chi connectivity index (χ0n) is 21.6. The molecule has 0 saturated carbocycles. The van der Waals surface area contributed by atoms with Crippen molar-refractivity contribution in [3.8, 4) is 0 Å². The lowest BCUT2D eigenvalue weighted by Crippen LogP contribution is -2.41. The molecule has 0 bridgehead atoms. The van der Waals surface area contributed by atoms with Gasteiger partial charge in [-0.25, -0.2) is 14.4 Å². The number of aliphatic carboxylic acids is 2. The van der Waals surface area contributed by atoms with Crippen LogP contribution in [0.2, 0.25) is 0 Å². The number of carbonyl (C=O) groups excluding carboxylic acids is 1. The van der Waals surface area contributed by atoms with Crippen molar-refractivity contribution in [1.82, 2.24) is 19.7 Å². The maximum Gasteiger partial charge on any atom is 0.490 e. The highest BCUT2D eigenvalue weighted by molar-refractivity contribution is 5.74. The number of nitrogens with zero attached hydrogens (tertiary/aromatic N) is 4. The molecule has 0 aliphatic carbocycles. The van der Waals surface area contributed by atoms with E-state index in [-0.39, 0.29) is 11.4 Å². The van der Waals surface area contributed by atoms with Gasteiger partial charge in [0.15, 0.2) is 0 Å². The molecule has 0 unspecified atom stereocenters. The monoisotopic (exact) mass is 574 g/mol.